The van der Waals surface area contributed by atoms with E-state index in [0.717, 1.165) is 11.8 Å². The molecule has 2 rings (SSSR count). The van der Waals surface area contributed by atoms with Crippen molar-refractivity contribution in [3.05, 3.63) is 34.9 Å². The van der Waals surface area contributed by atoms with E-state index >= 15 is 0 Å². The second-order valence-electron chi connectivity index (χ2n) is 8.09. The number of aryl methyl sites for hydroxylation is 2. The predicted molar refractivity (Wildman–Crippen MR) is 92.6 cm³/mol. The lowest BCUT2D eigenvalue weighted by Crippen LogP contribution is -2.32. The van der Waals surface area contributed by atoms with Crippen LogP contribution in [-0.4, -0.2) is 7.05 Å². The van der Waals surface area contributed by atoms with E-state index in [1.54, 1.807) is 0 Å². The van der Waals surface area contributed by atoms with Gasteiger partial charge in [-0.1, -0.05) is 39.0 Å². The van der Waals surface area contributed by atoms with E-state index in [-0.39, 0.29) is 0 Å². The first kappa shape index (κ1) is 16.5. The molecule has 1 N–H and O–H groups in total. The number of hydrogen-bond acceptors (Lipinski definition) is 1. The molecular weight excluding hydrogens is 254 g/mol. The molecule has 1 unspecified atom stereocenters. The van der Waals surface area contributed by atoms with Crippen LogP contribution in [0.2, 0.25) is 0 Å². The van der Waals surface area contributed by atoms with E-state index in [1.807, 2.05) is 0 Å². The van der Waals surface area contributed by atoms with Crippen molar-refractivity contribution < 1.29 is 0 Å². The molecule has 1 saturated carbocycles. The van der Waals surface area contributed by atoms with Gasteiger partial charge in [-0.15, -0.1) is 0 Å². The van der Waals surface area contributed by atoms with Gasteiger partial charge < -0.3 is 5.32 Å². The first-order chi connectivity index (χ1) is 9.82. The fraction of sp³-hybridized carbons (Fsp3) is 0.700. The Hall–Kier alpha value is -0.820. The van der Waals surface area contributed by atoms with Crippen molar-refractivity contribution in [2.45, 2.75) is 66.3 Å². The van der Waals surface area contributed by atoms with E-state index in [4.69, 9.17) is 0 Å². The van der Waals surface area contributed by atoms with E-state index in [1.165, 1.54) is 42.4 Å². The van der Waals surface area contributed by atoms with Gasteiger partial charge in [0.05, 0.1) is 0 Å². The third-order valence-electron chi connectivity index (χ3n) is 5.67. The summed E-state index contributed by atoms with van der Waals surface area (Å²) in [6, 6.07) is 7.49. The Morgan fingerprint density at radius 3 is 2.10 bits per heavy atom. The fourth-order valence-electron chi connectivity index (χ4n) is 3.95. The van der Waals surface area contributed by atoms with Crippen molar-refractivity contribution in [2.24, 2.45) is 17.3 Å². The molecule has 1 aromatic rings. The van der Waals surface area contributed by atoms with E-state index in [2.05, 4.69) is 65.2 Å². The monoisotopic (exact) mass is 287 g/mol. The average molecular weight is 287 g/mol. The van der Waals surface area contributed by atoms with Crippen LogP contribution in [0.3, 0.4) is 0 Å². The second-order valence-corrected chi connectivity index (χ2v) is 8.09. The summed E-state index contributed by atoms with van der Waals surface area (Å²) in [5, 5.41) is 3.59. The van der Waals surface area contributed by atoms with Crippen molar-refractivity contribution >= 4 is 0 Å². The quantitative estimate of drug-likeness (QED) is 0.783. The number of nitrogens with one attached hydrogen (secondary N) is 1. The van der Waals surface area contributed by atoms with Gasteiger partial charge in [-0.05, 0) is 80.5 Å². The van der Waals surface area contributed by atoms with Crippen LogP contribution in [0.15, 0.2) is 18.2 Å². The van der Waals surface area contributed by atoms with Crippen LogP contribution in [0, 0.1) is 31.1 Å². The van der Waals surface area contributed by atoms with Crippen molar-refractivity contribution in [2.75, 3.05) is 7.05 Å². The molecule has 1 aliphatic rings. The molecule has 0 aliphatic heterocycles. The van der Waals surface area contributed by atoms with E-state index < -0.39 is 0 Å². The molecule has 0 bridgehead atoms. The summed E-state index contributed by atoms with van der Waals surface area (Å²) in [6.07, 6.45) is 5.50. The molecule has 1 atom stereocenters. The summed E-state index contributed by atoms with van der Waals surface area (Å²) in [4.78, 5) is 0. The van der Waals surface area contributed by atoms with Gasteiger partial charge in [0.1, 0.15) is 0 Å². The minimum absolute atomic E-state index is 0.473. The zero-order chi connectivity index (χ0) is 15.6. The standard InChI is InChI=1S/C20H33N/c1-14-7-8-17(13-15(14)2)19(21-6)16-9-11-18(12-10-16)20(3,4)5/h7-8,13,16,18-19,21H,9-12H2,1-6H3. The van der Waals surface area contributed by atoms with Crippen LogP contribution in [0.25, 0.3) is 0 Å². The molecule has 1 fully saturated rings. The Bertz CT molecular complexity index is 461. The Morgan fingerprint density at radius 1 is 1.00 bits per heavy atom. The van der Waals surface area contributed by atoms with Gasteiger partial charge in [0.25, 0.3) is 0 Å². The molecule has 1 heteroatoms. The zero-order valence-corrected chi connectivity index (χ0v) is 14.8. The third-order valence-corrected chi connectivity index (χ3v) is 5.67. The van der Waals surface area contributed by atoms with Crippen LogP contribution in [0.1, 0.15) is 69.2 Å². The molecule has 1 aliphatic carbocycles. The van der Waals surface area contributed by atoms with Gasteiger partial charge in [0.15, 0.2) is 0 Å². The molecule has 118 valence electrons. The maximum atomic E-state index is 3.59. The normalized spacial score (nSPS) is 24.9. The first-order valence-electron chi connectivity index (χ1n) is 8.57. The van der Waals surface area contributed by atoms with Gasteiger partial charge >= 0.3 is 0 Å². The Balaban J connectivity index is 2.07. The largest absolute Gasteiger partial charge is 0.313 e. The number of hydrogen-bond donors (Lipinski definition) is 1. The van der Waals surface area contributed by atoms with Crippen LogP contribution in [0.4, 0.5) is 0 Å². The van der Waals surface area contributed by atoms with Crippen LogP contribution < -0.4 is 5.32 Å². The van der Waals surface area contributed by atoms with Crippen molar-refractivity contribution in [1.29, 1.82) is 0 Å². The van der Waals surface area contributed by atoms with E-state index in [0.29, 0.717) is 11.5 Å². The molecule has 0 spiro atoms. The van der Waals surface area contributed by atoms with Crippen molar-refractivity contribution in [1.82, 2.24) is 5.32 Å². The molecule has 0 saturated heterocycles. The summed E-state index contributed by atoms with van der Waals surface area (Å²) in [5.74, 6) is 1.68. The van der Waals surface area contributed by atoms with Crippen molar-refractivity contribution in [3.8, 4) is 0 Å². The summed E-state index contributed by atoms with van der Waals surface area (Å²) in [6.45, 7) is 11.6. The number of benzene rings is 1. The summed E-state index contributed by atoms with van der Waals surface area (Å²) >= 11 is 0. The Labute approximate surface area is 131 Å². The predicted octanol–water partition coefficient (Wildman–Crippen LogP) is 5.42. The lowest BCUT2D eigenvalue weighted by Gasteiger charge is -2.39. The van der Waals surface area contributed by atoms with Crippen LogP contribution >= 0.6 is 0 Å². The SMILES string of the molecule is CNC(c1ccc(C)c(C)c1)C1CCC(C(C)(C)C)CC1. The topological polar surface area (TPSA) is 12.0 Å². The molecule has 0 aromatic heterocycles. The molecular formula is C20H33N. The highest BCUT2D eigenvalue weighted by atomic mass is 14.9. The van der Waals surface area contributed by atoms with Crippen LogP contribution in [0.5, 0.6) is 0 Å². The summed E-state index contributed by atoms with van der Waals surface area (Å²) in [7, 11) is 2.12. The summed E-state index contributed by atoms with van der Waals surface area (Å²) < 4.78 is 0. The maximum absolute atomic E-state index is 3.59. The number of rotatable bonds is 3. The third kappa shape index (κ3) is 3.88. The zero-order valence-electron chi connectivity index (χ0n) is 14.8. The Morgan fingerprint density at radius 2 is 1.62 bits per heavy atom. The minimum atomic E-state index is 0.473. The molecule has 0 amide bonds. The molecule has 0 radical (unpaired) electrons. The molecule has 21 heavy (non-hydrogen) atoms. The lowest BCUT2D eigenvalue weighted by atomic mass is 9.68. The van der Waals surface area contributed by atoms with Gasteiger partial charge in [0, 0.05) is 6.04 Å². The van der Waals surface area contributed by atoms with Crippen molar-refractivity contribution in [3.63, 3.8) is 0 Å². The van der Waals surface area contributed by atoms with E-state index in [9.17, 15) is 0 Å². The first-order valence-corrected chi connectivity index (χ1v) is 8.57. The van der Waals surface area contributed by atoms with Gasteiger partial charge in [-0.25, -0.2) is 0 Å². The van der Waals surface area contributed by atoms with Gasteiger partial charge in [-0.3, -0.25) is 0 Å². The summed E-state index contributed by atoms with van der Waals surface area (Å²) in [5.41, 5.74) is 4.75. The van der Waals surface area contributed by atoms with Crippen LogP contribution in [-0.2, 0) is 0 Å². The lowest BCUT2D eigenvalue weighted by molar-refractivity contribution is 0.134. The highest BCUT2D eigenvalue weighted by Gasteiger charge is 2.32. The van der Waals surface area contributed by atoms with Gasteiger partial charge in [0.2, 0.25) is 0 Å². The average Bonchev–Trinajstić information content (AvgIpc) is 2.43. The molecule has 1 nitrogen and oxygen atoms in total. The molecule has 1 aromatic carbocycles. The van der Waals surface area contributed by atoms with Gasteiger partial charge in [-0.2, -0.15) is 0 Å². The fourth-order valence-corrected chi connectivity index (χ4v) is 3.95. The Kier molecular flexibility index (Phi) is 5.14. The highest BCUT2D eigenvalue weighted by Crippen LogP contribution is 2.43. The second kappa shape index (κ2) is 6.52. The maximum Gasteiger partial charge on any atom is 0.0346 e. The highest BCUT2D eigenvalue weighted by molar-refractivity contribution is 5.32. The minimum Gasteiger partial charge on any atom is -0.313 e. The molecule has 0 heterocycles. The smallest absolute Gasteiger partial charge is 0.0346 e.